The SMILES string of the molecule is CC(C)(C)OC(=O)N1Cc2ccccc2C[C@H]1C(=O)OCCl. The van der Waals surface area contributed by atoms with E-state index in [-0.39, 0.29) is 6.07 Å². The van der Waals surface area contributed by atoms with Crippen molar-refractivity contribution in [3.63, 3.8) is 0 Å². The summed E-state index contributed by atoms with van der Waals surface area (Å²) in [6.45, 7) is 5.67. The number of carbonyl (C=O) groups excluding carboxylic acids is 2. The van der Waals surface area contributed by atoms with E-state index in [1.165, 1.54) is 4.90 Å². The van der Waals surface area contributed by atoms with Gasteiger partial charge < -0.3 is 9.47 Å². The Kier molecular flexibility index (Phi) is 4.96. The Bertz CT molecular complexity index is 568. The zero-order chi connectivity index (χ0) is 16.3. The van der Waals surface area contributed by atoms with Crippen LogP contribution in [0.1, 0.15) is 31.9 Å². The van der Waals surface area contributed by atoms with Crippen molar-refractivity contribution < 1.29 is 19.1 Å². The molecule has 1 aliphatic rings. The molecule has 0 aromatic heterocycles. The first-order chi connectivity index (χ1) is 10.3. The predicted molar refractivity (Wildman–Crippen MR) is 82.5 cm³/mol. The molecular weight excluding hydrogens is 306 g/mol. The molecule has 1 atom stereocenters. The third-order valence-electron chi connectivity index (χ3n) is 3.35. The van der Waals surface area contributed by atoms with Crippen LogP contribution in [0.25, 0.3) is 0 Å². The number of hydrogen-bond acceptors (Lipinski definition) is 4. The van der Waals surface area contributed by atoms with Gasteiger partial charge in [0.1, 0.15) is 11.6 Å². The van der Waals surface area contributed by atoms with Crippen molar-refractivity contribution in [3.05, 3.63) is 35.4 Å². The normalized spacial score (nSPS) is 17.6. The van der Waals surface area contributed by atoms with E-state index in [1.807, 2.05) is 24.3 Å². The molecule has 0 bridgehead atoms. The minimum absolute atomic E-state index is 0.237. The molecule has 0 saturated carbocycles. The molecule has 5 nitrogen and oxygen atoms in total. The third-order valence-corrected chi connectivity index (χ3v) is 3.45. The Morgan fingerprint density at radius 2 is 1.91 bits per heavy atom. The first kappa shape index (κ1) is 16.6. The van der Waals surface area contributed by atoms with E-state index in [2.05, 4.69) is 0 Å². The monoisotopic (exact) mass is 325 g/mol. The zero-order valence-electron chi connectivity index (χ0n) is 13.0. The quantitative estimate of drug-likeness (QED) is 0.619. The maximum atomic E-state index is 12.4. The van der Waals surface area contributed by atoms with Gasteiger partial charge in [0.25, 0.3) is 0 Å². The molecule has 2 rings (SSSR count). The predicted octanol–water partition coefficient (Wildman–Crippen LogP) is 3.09. The van der Waals surface area contributed by atoms with Crippen LogP contribution in [0, 0.1) is 0 Å². The molecule has 0 spiro atoms. The maximum absolute atomic E-state index is 12.4. The molecule has 6 heteroatoms. The second kappa shape index (κ2) is 6.57. The van der Waals surface area contributed by atoms with Gasteiger partial charge in [-0.15, -0.1) is 0 Å². The highest BCUT2D eigenvalue weighted by Crippen LogP contribution is 2.26. The Morgan fingerprint density at radius 3 is 2.50 bits per heavy atom. The number of ether oxygens (including phenoxy) is 2. The molecule has 0 aliphatic carbocycles. The van der Waals surface area contributed by atoms with Gasteiger partial charge in [0.15, 0.2) is 6.07 Å². The van der Waals surface area contributed by atoms with Crippen molar-refractivity contribution in [1.29, 1.82) is 0 Å². The number of esters is 1. The smallest absolute Gasteiger partial charge is 0.411 e. The minimum Gasteiger partial charge on any atom is -0.448 e. The van der Waals surface area contributed by atoms with Crippen LogP contribution in [0.15, 0.2) is 24.3 Å². The Hall–Kier alpha value is -1.75. The molecular formula is C16H20ClNO4. The first-order valence-corrected chi connectivity index (χ1v) is 7.64. The summed E-state index contributed by atoms with van der Waals surface area (Å²) in [6.07, 6.45) is -0.135. The van der Waals surface area contributed by atoms with E-state index >= 15 is 0 Å². The second-order valence-electron chi connectivity index (χ2n) is 6.17. The van der Waals surface area contributed by atoms with Crippen molar-refractivity contribution in [1.82, 2.24) is 4.90 Å². The van der Waals surface area contributed by atoms with Gasteiger partial charge in [-0.3, -0.25) is 4.90 Å². The first-order valence-electron chi connectivity index (χ1n) is 7.11. The van der Waals surface area contributed by atoms with Crippen LogP contribution in [0.5, 0.6) is 0 Å². The van der Waals surface area contributed by atoms with E-state index < -0.39 is 23.7 Å². The Morgan fingerprint density at radius 1 is 1.27 bits per heavy atom. The van der Waals surface area contributed by atoms with Crippen LogP contribution in [0.4, 0.5) is 4.79 Å². The molecule has 22 heavy (non-hydrogen) atoms. The molecule has 1 aliphatic heterocycles. The van der Waals surface area contributed by atoms with Crippen LogP contribution in [-0.4, -0.2) is 34.7 Å². The van der Waals surface area contributed by atoms with Crippen LogP contribution >= 0.6 is 11.6 Å². The number of benzene rings is 1. The van der Waals surface area contributed by atoms with Gasteiger partial charge in [0, 0.05) is 6.42 Å². The molecule has 0 radical (unpaired) electrons. The molecule has 1 aromatic rings. The van der Waals surface area contributed by atoms with Gasteiger partial charge in [0.2, 0.25) is 0 Å². The summed E-state index contributed by atoms with van der Waals surface area (Å²) in [4.78, 5) is 25.9. The van der Waals surface area contributed by atoms with Crippen molar-refractivity contribution in [2.45, 2.75) is 45.4 Å². The summed E-state index contributed by atoms with van der Waals surface area (Å²) in [5.41, 5.74) is 1.40. The summed E-state index contributed by atoms with van der Waals surface area (Å²) in [7, 11) is 0. The van der Waals surface area contributed by atoms with E-state index in [1.54, 1.807) is 20.8 Å². The molecule has 0 saturated heterocycles. The molecule has 1 amide bonds. The fourth-order valence-corrected chi connectivity index (χ4v) is 2.50. The van der Waals surface area contributed by atoms with E-state index in [0.717, 1.165) is 11.1 Å². The Balaban J connectivity index is 2.27. The minimum atomic E-state index is -0.719. The zero-order valence-corrected chi connectivity index (χ0v) is 13.7. The summed E-state index contributed by atoms with van der Waals surface area (Å²) in [6, 6.07) is 6.75. The van der Waals surface area contributed by atoms with Crippen LogP contribution in [-0.2, 0) is 27.2 Å². The average molecular weight is 326 g/mol. The van der Waals surface area contributed by atoms with Crippen molar-refractivity contribution in [2.24, 2.45) is 0 Å². The second-order valence-corrected chi connectivity index (χ2v) is 6.39. The molecule has 0 N–H and O–H groups in total. The molecule has 0 unspecified atom stereocenters. The summed E-state index contributed by atoms with van der Waals surface area (Å²) in [5, 5.41) is 0. The summed E-state index contributed by atoms with van der Waals surface area (Å²) >= 11 is 5.47. The standard InChI is InChI=1S/C16H20ClNO4/c1-16(2,3)22-15(20)18-9-12-7-5-4-6-11(12)8-13(18)14(19)21-10-17/h4-7,13H,8-10H2,1-3H3/t13-/m0/s1. The number of halogens is 1. The van der Waals surface area contributed by atoms with Crippen LogP contribution < -0.4 is 0 Å². The lowest BCUT2D eigenvalue weighted by Crippen LogP contribution is -2.50. The average Bonchev–Trinajstić information content (AvgIpc) is 2.44. The summed E-state index contributed by atoms with van der Waals surface area (Å²) in [5.74, 6) is -0.518. The molecule has 1 heterocycles. The maximum Gasteiger partial charge on any atom is 0.411 e. The fraction of sp³-hybridized carbons (Fsp3) is 0.500. The van der Waals surface area contributed by atoms with Crippen molar-refractivity contribution in [2.75, 3.05) is 6.07 Å². The Labute approximate surface area is 135 Å². The fourth-order valence-electron chi connectivity index (χ4n) is 2.40. The largest absolute Gasteiger partial charge is 0.448 e. The van der Waals surface area contributed by atoms with Gasteiger partial charge in [-0.25, -0.2) is 9.59 Å². The number of alkyl halides is 1. The van der Waals surface area contributed by atoms with Gasteiger partial charge >= 0.3 is 12.1 Å². The molecule has 0 fully saturated rings. The molecule has 120 valence electrons. The highest BCUT2D eigenvalue weighted by Gasteiger charge is 2.37. The van der Waals surface area contributed by atoms with Gasteiger partial charge in [-0.1, -0.05) is 35.9 Å². The van der Waals surface area contributed by atoms with E-state index in [9.17, 15) is 9.59 Å². The highest BCUT2D eigenvalue weighted by atomic mass is 35.5. The lowest BCUT2D eigenvalue weighted by atomic mass is 9.94. The van der Waals surface area contributed by atoms with Gasteiger partial charge in [-0.2, -0.15) is 0 Å². The lowest BCUT2D eigenvalue weighted by Gasteiger charge is -2.36. The summed E-state index contributed by atoms with van der Waals surface area (Å²) < 4.78 is 10.3. The number of nitrogens with zero attached hydrogens (tertiary/aromatic N) is 1. The topological polar surface area (TPSA) is 55.8 Å². The van der Waals surface area contributed by atoms with Crippen LogP contribution in [0.2, 0.25) is 0 Å². The highest BCUT2D eigenvalue weighted by molar-refractivity contribution is 6.17. The number of carbonyl (C=O) groups is 2. The third kappa shape index (κ3) is 3.91. The van der Waals surface area contributed by atoms with Crippen molar-refractivity contribution >= 4 is 23.7 Å². The van der Waals surface area contributed by atoms with E-state index in [0.29, 0.717) is 13.0 Å². The number of hydrogen-bond donors (Lipinski definition) is 0. The van der Waals surface area contributed by atoms with E-state index in [4.69, 9.17) is 21.1 Å². The van der Waals surface area contributed by atoms with Gasteiger partial charge in [0.05, 0.1) is 6.54 Å². The van der Waals surface area contributed by atoms with Crippen molar-refractivity contribution in [3.8, 4) is 0 Å². The number of rotatable bonds is 2. The number of amides is 1. The molecule has 1 aromatic carbocycles. The van der Waals surface area contributed by atoms with Gasteiger partial charge in [-0.05, 0) is 31.9 Å². The van der Waals surface area contributed by atoms with Crippen LogP contribution in [0.3, 0.4) is 0 Å². The lowest BCUT2D eigenvalue weighted by molar-refractivity contribution is -0.148. The number of fused-ring (bicyclic) bond motifs is 1.